The third kappa shape index (κ3) is 5.54. The molecule has 0 unspecified atom stereocenters. The average molecular weight is 315 g/mol. The van der Waals surface area contributed by atoms with Gasteiger partial charge in [0.2, 0.25) is 5.91 Å². The highest BCUT2D eigenvalue weighted by Crippen LogP contribution is 2.19. The smallest absolute Gasteiger partial charge is 0.225 e. The number of hydrogen-bond donors (Lipinski definition) is 1. The Kier molecular flexibility index (Phi) is 6.49. The van der Waals surface area contributed by atoms with E-state index in [1.807, 2.05) is 24.3 Å². The first-order valence-electron chi connectivity index (χ1n) is 7.24. The van der Waals surface area contributed by atoms with Crippen molar-refractivity contribution < 1.29 is 9.53 Å². The zero-order valence-corrected chi connectivity index (χ0v) is 13.8. The van der Waals surface area contributed by atoms with Crippen molar-refractivity contribution >= 4 is 23.4 Å². The third-order valence-corrected chi connectivity index (χ3v) is 4.15. The maximum Gasteiger partial charge on any atom is 0.225 e. The summed E-state index contributed by atoms with van der Waals surface area (Å²) in [6.07, 6.45) is 0.493. The Morgan fingerprint density at radius 1 is 1.18 bits per heavy atom. The van der Waals surface area contributed by atoms with Gasteiger partial charge in [-0.15, -0.1) is 11.8 Å². The predicted molar refractivity (Wildman–Crippen MR) is 92.3 cm³/mol. The van der Waals surface area contributed by atoms with Crippen LogP contribution in [0.25, 0.3) is 0 Å². The molecule has 0 saturated carbocycles. The van der Waals surface area contributed by atoms with Crippen LogP contribution in [-0.4, -0.2) is 18.8 Å². The number of nitrogens with one attached hydrogen (secondary N) is 1. The van der Waals surface area contributed by atoms with Gasteiger partial charge in [0.05, 0.1) is 6.61 Å². The second-order valence-corrected chi connectivity index (χ2v) is 6.26. The van der Waals surface area contributed by atoms with Gasteiger partial charge in [-0.1, -0.05) is 29.8 Å². The van der Waals surface area contributed by atoms with Crippen LogP contribution in [0.5, 0.6) is 0 Å². The molecule has 0 bridgehead atoms. The molecule has 0 aliphatic heterocycles. The van der Waals surface area contributed by atoms with Gasteiger partial charge in [-0.2, -0.15) is 0 Å². The van der Waals surface area contributed by atoms with E-state index in [1.54, 1.807) is 18.9 Å². The first-order valence-corrected chi connectivity index (χ1v) is 8.23. The number of anilines is 1. The molecule has 0 saturated heterocycles. The largest absolute Gasteiger partial charge is 0.380 e. The average Bonchev–Trinajstić information content (AvgIpc) is 2.50. The normalized spacial score (nSPS) is 10.5. The molecule has 2 aromatic rings. The fourth-order valence-electron chi connectivity index (χ4n) is 2.03. The highest BCUT2D eigenvalue weighted by molar-refractivity contribution is 7.99. The van der Waals surface area contributed by atoms with Crippen LogP contribution in [0.2, 0.25) is 0 Å². The van der Waals surface area contributed by atoms with Gasteiger partial charge in [-0.05, 0) is 36.8 Å². The highest BCUT2D eigenvalue weighted by atomic mass is 32.2. The molecule has 3 nitrogen and oxygen atoms in total. The number of aryl methyl sites for hydroxylation is 1. The molecule has 0 aliphatic carbocycles. The van der Waals surface area contributed by atoms with Crippen molar-refractivity contribution in [1.29, 1.82) is 0 Å². The molecule has 1 amide bonds. The molecule has 0 aliphatic rings. The summed E-state index contributed by atoms with van der Waals surface area (Å²) in [5.41, 5.74) is 3.12. The van der Waals surface area contributed by atoms with Crippen molar-refractivity contribution in [2.75, 3.05) is 18.2 Å². The molecule has 2 rings (SSSR count). The first kappa shape index (κ1) is 16.6. The minimum Gasteiger partial charge on any atom is -0.380 e. The van der Waals surface area contributed by atoms with Crippen molar-refractivity contribution in [3.8, 4) is 0 Å². The van der Waals surface area contributed by atoms with Gasteiger partial charge < -0.3 is 10.1 Å². The van der Waals surface area contributed by atoms with E-state index in [1.165, 1.54) is 10.5 Å². The third-order valence-electron chi connectivity index (χ3n) is 3.14. The summed E-state index contributed by atoms with van der Waals surface area (Å²) in [6.45, 7) is 2.62. The summed E-state index contributed by atoms with van der Waals surface area (Å²) in [5, 5.41) is 2.93. The first-order chi connectivity index (χ1) is 10.7. The lowest BCUT2D eigenvalue weighted by molar-refractivity contribution is -0.115. The lowest BCUT2D eigenvalue weighted by atomic mass is 10.2. The molecule has 0 spiro atoms. The minimum absolute atomic E-state index is 0.0363. The van der Waals surface area contributed by atoms with Gasteiger partial charge in [-0.3, -0.25) is 4.79 Å². The second-order valence-electron chi connectivity index (χ2n) is 5.09. The van der Waals surface area contributed by atoms with Crippen molar-refractivity contribution in [3.63, 3.8) is 0 Å². The topological polar surface area (TPSA) is 38.3 Å². The Labute approximate surface area is 136 Å². The molecule has 0 radical (unpaired) electrons. The number of rotatable bonds is 7. The summed E-state index contributed by atoms with van der Waals surface area (Å²) in [4.78, 5) is 13.2. The molecule has 0 aromatic heterocycles. The molecule has 116 valence electrons. The van der Waals surface area contributed by atoms with Crippen LogP contribution < -0.4 is 5.32 Å². The Hall–Kier alpha value is -1.78. The van der Waals surface area contributed by atoms with Crippen molar-refractivity contribution in [2.45, 2.75) is 24.8 Å². The van der Waals surface area contributed by atoms with Crippen LogP contribution in [0, 0.1) is 6.92 Å². The van der Waals surface area contributed by atoms with Gasteiger partial charge in [0.25, 0.3) is 0 Å². The van der Waals surface area contributed by atoms with Crippen LogP contribution in [-0.2, 0) is 16.1 Å². The number of methoxy groups -OCH3 is 1. The van der Waals surface area contributed by atoms with Gasteiger partial charge in [0.15, 0.2) is 0 Å². The second kappa shape index (κ2) is 8.61. The van der Waals surface area contributed by atoms with Crippen LogP contribution in [0.15, 0.2) is 53.4 Å². The fraction of sp³-hybridized carbons (Fsp3) is 0.278. The Morgan fingerprint density at radius 3 is 2.68 bits per heavy atom. The van der Waals surface area contributed by atoms with Gasteiger partial charge >= 0.3 is 0 Å². The summed E-state index contributed by atoms with van der Waals surface area (Å²) in [7, 11) is 1.66. The van der Waals surface area contributed by atoms with Gasteiger partial charge in [-0.25, -0.2) is 0 Å². The molecule has 22 heavy (non-hydrogen) atoms. The molecule has 0 fully saturated rings. The fourth-order valence-corrected chi connectivity index (χ4v) is 2.88. The van der Waals surface area contributed by atoms with E-state index >= 15 is 0 Å². The Morgan fingerprint density at radius 2 is 1.95 bits per heavy atom. The van der Waals surface area contributed by atoms with Crippen molar-refractivity contribution in [2.24, 2.45) is 0 Å². The highest BCUT2D eigenvalue weighted by Gasteiger charge is 2.04. The molecule has 0 atom stereocenters. The SMILES string of the molecule is COCc1cccc(NC(=O)CCSc2ccc(C)cc2)c1. The quantitative estimate of drug-likeness (QED) is 0.776. The maximum absolute atomic E-state index is 12.0. The molecule has 0 heterocycles. The van der Waals surface area contributed by atoms with Crippen LogP contribution in [0.1, 0.15) is 17.5 Å². The van der Waals surface area contributed by atoms with E-state index in [9.17, 15) is 4.79 Å². The predicted octanol–water partition coefficient (Wildman–Crippen LogP) is 4.26. The van der Waals surface area contributed by atoms with Gasteiger partial charge in [0.1, 0.15) is 0 Å². The summed E-state index contributed by atoms with van der Waals surface area (Å²) in [5.74, 6) is 0.807. The lowest BCUT2D eigenvalue weighted by Gasteiger charge is -2.07. The maximum atomic E-state index is 12.0. The van der Waals surface area contributed by atoms with E-state index in [0.29, 0.717) is 13.0 Å². The zero-order valence-electron chi connectivity index (χ0n) is 13.0. The van der Waals surface area contributed by atoms with Gasteiger partial charge in [0, 0.05) is 29.9 Å². The van der Waals surface area contributed by atoms with E-state index in [-0.39, 0.29) is 5.91 Å². The number of thioether (sulfide) groups is 1. The van der Waals surface area contributed by atoms with Crippen LogP contribution >= 0.6 is 11.8 Å². The van der Waals surface area contributed by atoms with Crippen LogP contribution in [0.4, 0.5) is 5.69 Å². The zero-order chi connectivity index (χ0) is 15.8. The number of ether oxygens (including phenoxy) is 1. The monoisotopic (exact) mass is 315 g/mol. The summed E-state index contributed by atoms with van der Waals surface area (Å²) < 4.78 is 5.09. The molecule has 1 N–H and O–H groups in total. The molecule has 2 aromatic carbocycles. The minimum atomic E-state index is 0.0363. The van der Waals surface area contributed by atoms with E-state index in [0.717, 1.165) is 17.0 Å². The Bertz CT molecular complexity index is 611. The lowest BCUT2D eigenvalue weighted by Crippen LogP contribution is -2.12. The summed E-state index contributed by atoms with van der Waals surface area (Å²) in [6, 6.07) is 16.1. The van der Waals surface area contributed by atoms with E-state index < -0.39 is 0 Å². The number of benzene rings is 2. The van der Waals surface area contributed by atoms with Crippen molar-refractivity contribution in [1.82, 2.24) is 0 Å². The molecular formula is C18H21NO2S. The van der Waals surface area contributed by atoms with E-state index in [2.05, 4.69) is 36.5 Å². The molecule has 4 heteroatoms. The Balaban J connectivity index is 1.78. The van der Waals surface area contributed by atoms with Crippen LogP contribution in [0.3, 0.4) is 0 Å². The number of carbonyl (C=O) groups excluding carboxylic acids is 1. The standard InChI is InChI=1S/C18H21NO2S/c1-14-6-8-17(9-7-14)22-11-10-18(20)19-16-5-3-4-15(12-16)13-21-2/h3-9,12H,10-11,13H2,1-2H3,(H,19,20). The number of carbonyl (C=O) groups is 1. The van der Waals surface area contributed by atoms with Crippen molar-refractivity contribution in [3.05, 3.63) is 59.7 Å². The van der Waals surface area contributed by atoms with E-state index in [4.69, 9.17) is 4.74 Å². The summed E-state index contributed by atoms with van der Waals surface area (Å²) >= 11 is 1.70. The molecular weight excluding hydrogens is 294 g/mol. The number of hydrogen-bond acceptors (Lipinski definition) is 3. The number of amides is 1.